The quantitative estimate of drug-likeness (QED) is 0.664. The van der Waals surface area contributed by atoms with E-state index in [9.17, 15) is 4.79 Å². The molecule has 1 N–H and O–H groups in total. The summed E-state index contributed by atoms with van der Waals surface area (Å²) in [7, 11) is 0. The van der Waals surface area contributed by atoms with Crippen molar-refractivity contribution in [2.75, 3.05) is 18.5 Å². The first-order valence-corrected chi connectivity index (χ1v) is 8.89. The smallest absolute Gasteiger partial charge is 0.255 e. The lowest BCUT2D eigenvalue weighted by Crippen LogP contribution is -2.13. The molecule has 134 valence electrons. The fourth-order valence-corrected chi connectivity index (χ4v) is 2.68. The van der Waals surface area contributed by atoms with Crippen LogP contribution in [-0.2, 0) is 0 Å². The lowest BCUT2D eigenvalue weighted by atomic mass is 10.1. The van der Waals surface area contributed by atoms with Gasteiger partial charge >= 0.3 is 0 Å². The largest absolute Gasteiger partial charge is 0.490 e. The zero-order valence-corrected chi connectivity index (χ0v) is 16.0. The van der Waals surface area contributed by atoms with Gasteiger partial charge in [0.15, 0.2) is 11.5 Å². The third-order valence-corrected chi connectivity index (χ3v) is 4.23. The molecule has 25 heavy (non-hydrogen) atoms. The molecular formula is C19H21Cl2NO3. The van der Waals surface area contributed by atoms with Gasteiger partial charge in [-0.1, -0.05) is 36.2 Å². The zero-order chi connectivity index (χ0) is 18.4. The predicted octanol–water partition coefficient (Wildman–Crippen LogP) is 5.74. The van der Waals surface area contributed by atoms with E-state index in [0.717, 1.165) is 12.0 Å². The number of benzene rings is 2. The van der Waals surface area contributed by atoms with Gasteiger partial charge < -0.3 is 14.8 Å². The Bertz CT molecular complexity index is 763. The van der Waals surface area contributed by atoms with E-state index < -0.39 is 0 Å². The maximum Gasteiger partial charge on any atom is 0.255 e. The fourth-order valence-electron chi connectivity index (χ4n) is 2.24. The maximum absolute atomic E-state index is 12.6. The first kappa shape index (κ1) is 19.4. The molecule has 0 aliphatic rings. The summed E-state index contributed by atoms with van der Waals surface area (Å²) in [6.45, 7) is 6.67. The van der Waals surface area contributed by atoms with Gasteiger partial charge in [0, 0.05) is 16.3 Å². The maximum atomic E-state index is 12.6. The summed E-state index contributed by atoms with van der Waals surface area (Å²) in [4.78, 5) is 12.6. The second-order valence-corrected chi connectivity index (χ2v) is 6.25. The molecule has 2 aromatic rings. The van der Waals surface area contributed by atoms with Crippen LogP contribution in [0.5, 0.6) is 11.5 Å². The van der Waals surface area contributed by atoms with Crippen molar-refractivity contribution in [3.8, 4) is 11.5 Å². The van der Waals surface area contributed by atoms with Gasteiger partial charge in [-0.15, -0.1) is 0 Å². The number of hydrogen-bond donors (Lipinski definition) is 1. The van der Waals surface area contributed by atoms with Crippen LogP contribution < -0.4 is 14.8 Å². The molecule has 0 saturated heterocycles. The Balaban J connectivity index is 2.31. The Kier molecular flexibility index (Phi) is 6.97. The monoisotopic (exact) mass is 381 g/mol. The summed E-state index contributed by atoms with van der Waals surface area (Å²) < 4.78 is 11.2. The number of rotatable bonds is 7. The van der Waals surface area contributed by atoms with Gasteiger partial charge in [0.25, 0.3) is 5.91 Å². The molecule has 0 heterocycles. The molecule has 0 aliphatic carbocycles. The highest BCUT2D eigenvalue weighted by molar-refractivity contribution is 6.33. The number of carbonyl (C=O) groups excluding carboxylic acids is 1. The van der Waals surface area contributed by atoms with Gasteiger partial charge in [0.1, 0.15) is 0 Å². The Labute approximate surface area is 158 Å². The van der Waals surface area contributed by atoms with E-state index >= 15 is 0 Å². The van der Waals surface area contributed by atoms with Crippen LogP contribution >= 0.6 is 23.2 Å². The van der Waals surface area contributed by atoms with Crippen LogP contribution in [0.3, 0.4) is 0 Å². The third kappa shape index (κ3) is 4.80. The average Bonchev–Trinajstić information content (AvgIpc) is 2.58. The first-order valence-electron chi connectivity index (χ1n) is 8.13. The van der Waals surface area contributed by atoms with Crippen molar-refractivity contribution in [3.63, 3.8) is 0 Å². The molecule has 0 aromatic heterocycles. The van der Waals surface area contributed by atoms with Gasteiger partial charge in [0.2, 0.25) is 0 Å². The van der Waals surface area contributed by atoms with E-state index in [1.807, 2.05) is 20.8 Å². The summed E-state index contributed by atoms with van der Waals surface area (Å²) >= 11 is 12.4. The van der Waals surface area contributed by atoms with Crippen LogP contribution in [0.2, 0.25) is 10.0 Å². The lowest BCUT2D eigenvalue weighted by Gasteiger charge is -2.15. The number of nitrogens with one attached hydrogen (secondary N) is 1. The molecule has 0 aliphatic heterocycles. The molecule has 0 atom stereocenters. The predicted molar refractivity (Wildman–Crippen MR) is 103 cm³/mol. The molecular weight excluding hydrogens is 361 g/mol. The van der Waals surface area contributed by atoms with E-state index in [2.05, 4.69) is 5.32 Å². The Morgan fingerprint density at radius 3 is 2.56 bits per heavy atom. The molecule has 0 spiro atoms. The highest BCUT2D eigenvalue weighted by Gasteiger charge is 2.17. The van der Waals surface area contributed by atoms with Crippen LogP contribution in [0, 0.1) is 6.92 Å². The van der Waals surface area contributed by atoms with Crippen LogP contribution in [-0.4, -0.2) is 19.1 Å². The van der Waals surface area contributed by atoms with Gasteiger partial charge in [-0.05, 0) is 50.1 Å². The highest BCUT2D eigenvalue weighted by Crippen LogP contribution is 2.37. The van der Waals surface area contributed by atoms with Crippen molar-refractivity contribution in [3.05, 3.63) is 51.5 Å². The number of amides is 1. The Hall–Kier alpha value is -1.91. The SMILES string of the molecule is CCCOc1c(Cl)cc(C(=O)Nc2cccc(Cl)c2C)cc1OCC. The van der Waals surface area contributed by atoms with E-state index in [1.165, 1.54) is 0 Å². The number of ether oxygens (including phenoxy) is 2. The standard InChI is InChI=1S/C19H21Cl2NO3/c1-4-9-25-18-15(21)10-13(11-17(18)24-5-2)19(23)22-16-8-6-7-14(20)12(16)3/h6-8,10-11H,4-5,9H2,1-3H3,(H,22,23). The van der Waals surface area contributed by atoms with Crippen molar-refractivity contribution >= 4 is 34.8 Å². The topological polar surface area (TPSA) is 47.6 Å². The second-order valence-electron chi connectivity index (χ2n) is 5.43. The van der Waals surface area contributed by atoms with Gasteiger partial charge in [-0.3, -0.25) is 4.79 Å². The van der Waals surface area contributed by atoms with E-state index in [1.54, 1.807) is 30.3 Å². The molecule has 2 rings (SSSR count). The van der Waals surface area contributed by atoms with Gasteiger partial charge in [0.05, 0.1) is 18.2 Å². The summed E-state index contributed by atoms with van der Waals surface area (Å²) in [6, 6.07) is 8.56. The first-order chi connectivity index (χ1) is 12.0. The minimum Gasteiger partial charge on any atom is -0.490 e. The molecule has 0 saturated carbocycles. The molecule has 0 bridgehead atoms. The number of anilines is 1. The normalized spacial score (nSPS) is 10.4. The highest BCUT2D eigenvalue weighted by atomic mass is 35.5. The fraction of sp³-hybridized carbons (Fsp3) is 0.316. The summed E-state index contributed by atoms with van der Waals surface area (Å²) in [6.07, 6.45) is 0.845. The number of hydrogen-bond acceptors (Lipinski definition) is 3. The van der Waals surface area contributed by atoms with Crippen molar-refractivity contribution in [2.45, 2.75) is 27.2 Å². The van der Waals surface area contributed by atoms with Crippen LogP contribution in [0.1, 0.15) is 36.2 Å². The third-order valence-electron chi connectivity index (χ3n) is 3.54. The van der Waals surface area contributed by atoms with Crippen LogP contribution in [0.4, 0.5) is 5.69 Å². The lowest BCUT2D eigenvalue weighted by molar-refractivity contribution is 0.102. The molecule has 0 radical (unpaired) electrons. The van der Waals surface area contributed by atoms with Gasteiger partial charge in [-0.25, -0.2) is 0 Å². The minimum absolute atomic E-state index is 0.296. The molecule has 0 unspecified atom stereocenters. The van der Waals surface area contributed by atoms with Crippen LogP contribution in [0.25, 0.3) is 0 Å². The summed E-state index contributed by atoms with van der Waals surface area (Å²) in [5.41, 5.74) is 1.84. The Morgan fingerprint density at radius 1 is 1.12 bits per heavy atom. The molecule has 0 fully saturated rings. The number of halogens is 2. The van der Waals surface area contributed by atoms with Crippen molar-refractivity contribution in [2.24, 2.45) is 0 Å². The Morgan fingerprint density at radius 2 is 1.88 bits per heavy atom. The average molecular weight is 382 g/mol. The summed E-state index contributed by atoms with van der Waals surface area (Å²) in [5, 5.41) is 3.78. The van der Waals surface area contributed by atoms with Crippen molar-refractivity contribution in [1.82, 2.24) is 0 Å². The molecule has 2 aromatic carbocycles. The summed E-state index contributed by atoms with van der Waals surface area (Å²) in [5.74, 6) is 0.618. The van der Waals surface area contributed by atoms with Crippen LogP contribution in [0.15, 0.2) is 30.3 Å². The zero-order valence-electron chi connectivity index (χ0n) is 14.5. The molecule has 4 nitrogen and oxygen atoms in total. The van der Waals surface area contributed by atoms with Gasteiger partial charge in [-0.2, -0.15) is 0 Å². The molecule has 6 heteroatoms. The minimum atomic E-state index is -0.296. The van der Waals surface area contributed by atoms with Crippen molar-refractivity contribution < 1.29 is 14.3 Å². The van der Waals surface area contributed by atoms with E-state index in [4.69, 9.17) is 32.7 Å². The van der Waals surface area contributed by atoms with E-state index in [0.29, 0.717) is 46.0 Å². The van der Waals surface area contributed by atoms with Crippen molar-refractivity contribution in [1.29, 1.82) is 0 Å². The van der Waals surface area contributed by atoms with E-state index in [-0.39, 0.29) is 5.91 Å². The molecule has 1 amide bonds. The number of carbonyl (C=O) groups is 1. The second kappa shape index (κ2) is 8.97.